The Kier molecular flexibility index (Phi) is 3.01. The molecule has 2 heterocycles. The average molecular weight is 265 g/mol. The highest BCUT2D eigenvalue weighted by Crippen LogP contribution is 2.23. The fourth-order valence-corrected chi connectivity index (χ4v) is 2.11. The minimum absolute atomic E-state index is 0.490. The topological polar surface area (TPSA) is 60.4 Å². The third-order valence-corrected chi connectivity index (χ3v) is 2.96. The Morgan fingerprint density at radius 2 is 1.85 bits per heavy atom. The number of fused-ring (bicyclic) bond motifs is 1. The Hall–Kier alpha value is -2.95. The first-order valence-corrected chi connectivity index (χ1v) is 6.10. The molecule has 0 N–H and O–H groups in total. The minimum Gasteiger partial charge on any atom is -0.299 e. The molecule has 3 rings (SSSR count). The van der Waals surface area contributed by atoms with E-state index in [2.05, 4.69) is 4.98 Å². The van der Waals surface area contributed by atoms with Crippen LogP contribution >= 0.6 is 0 Å². The van der Waals surface area contributed by atoms with Crippen molar-refractivity contribution in [1.29, 1.82) is 0 Å². The molecule has 5 heteroatoms. The maximum Gasteiger partial charge on any atom is 0.236 e. The molecule has 3 aromatic rings. The predicted molar refractivity (Wildman–Crippen MR) is 76.7 cm³/mol. The van der Waals surface area contributed by atoms with Crippen molar-refractivity contribution >= 4 is 11.6 Å². The summed E-state index contributed by atoms with van der Waals surface area (Å²) in [7, 11) is 0. The molecule has 0 aliphatic carbocycles. The number of aromatic nitrogens is 2. The fraction of sp³-hybridized carbons (Fsp3) is 0. The van der Waals surface area contributed by atoms with E-state index in [-0.39, 0.29) is 0 Å². The molecule has 1 aromatic carbocycles. The summed E-state index contributed by atoms with van der Waals surface area (Å²) in [6, 6.07) is 15.4. The summed E-state index contributed by atoms with van der Waals surface area (Å²) in [6.07, 6.45) is 4.22. The second kappa shape index (κ2) is 4.97. The average Bonchev–Trinajstić information content (AvgIpc) is 2.85. The van der Waals surface area contributed by atoms with E-state index in [9.17, 15) is 10.1 Å². The Balaban J connectivity index is 2.21. The number of hydrogen-bond donors (Lipinski definition) is 0. The summed E-state index contributed by atoms with van der Waals surface area (Å²) in [4.78, 5) is 14.5. The smallest absolute Gasteiger partial charge is 0.236 e. The predicted octanol–water partition coefficient (Wildman–Crippen LogP) is 3.25. The number of pyridine rings is 1. The van der Waals surface area contributed by atoms with Gasteiger partial charge in [0, 0.05) is 17.8 Å². The third-order valence-electron chi connectivity index (χ3n) is 2.96. The molecule has 0 saturated carbocycles. The van der Waals surface area contributed by atoms with Crippen LogP contribution in [0.5, 0.6) is 0 Å². The van der Waals surface area contributed by atoms with E-state index in [1.54, 1.807) is 0 Å². The van der Waals surface area contributed by atoms with Crippen molar-refractivity contribution in [1.82, 2.24) is 9.38 Å². The minimum atomic E-state index is -0.490. The normalized spacial score (nSPS) is 11.2. The number of nitrogens with zero attached hydrogens (tertiary/aromatic N) is 3. The van der Waals surface area contributed by atoms with Gasteiger partial charge in [0.25, 0.3) is 0 Å². The molecule has 0 saturated heterocycles. The zero-order chi connectivity index (χ0) is 13.9. The van der Waals surface area contributed by atoms with Gasteiger partial charge in [0.2, 0.25) is 6.20 Å². The molecule has 0 atom stereocenters. The van der Waals surface area contributed by atoms with Gasteiger partial charge in [-0.25, -0.2) is 4.98 Å². The molecular formula is C15H11N3O2. The lowest BCUT2D eigenvalue weighted by Gasteiger charge is -1.99. The van der Waals surface area contributed by atoms with E-state index in [0.29, 0.717) is 5.69 Å². The van der Waals surface area contributed by atoms with Crippen LogP contribution in [0.25, 0.3) is 23.0 Å². The van der Waals surface area contributed by atoms with Gasteiger partial charge in [-0.05, 0) is 12.1 Å². The lowest BCUT2D eigenvalue weighted by molar-refractivity contribution is -0.400. The molecule has 98 valence electrons. The van der Waals surface area contributed by atoms with Crippen LogP contribution < -0.4 is 0 Å². The zero-order valence-electron chi connectivity index (χ0n) is 10.5. The first-order chi connectivity index (χ1) is 9.75. The first-order valence-electron chi connectivity index (χ1n) is 6.10. The van der Waals surface area contributed by atoms with Gasteiger partial charge in [0.15, 0.2) is 0 Å². The second-order valence-corrected chi connectivity index (χ2v) is 4.24. The molecule has 2 aromatic heterocycles. The van der Waals surface area contributed by atoms with Crippen molar-refractivity contribution in [3.05, 3.63) is 76.7 Å². The molecule has 0 aliphatic rings. The molecule has 0 radical (unpaired) electrons. The number of nitro groups is 1. The lowest BCUT2D eigenvalue weighted by Crippen LogP contribution is -1.87. The quantitative estimate of drug-likeness (QED) is 0.539. The molecule has 0 spiro atoms. The van der Waals surface area contributed by atoms with Gasteiger partial charge < -0.3 is 0 Å². The van der Waals surface area contributed by atoms with Gasteiger partial charge in [0.1, 0.15) is 5.82 Å². The highest BCUT2D eigenvalue weighted by Gasteiger charge is 2.10. The van der Waals surface area contributed by atoms with Crippen LogP contribution in [0.2, 0.25) is 0 Å². The van der Waals surface area contributed by atoms with Crippen LogP contribution in [0.4, 0.5) is 0 Å². The third kappa shape index (κ3) is 2.16. The number of imidazole rings is 1. The van der Waals surface area contributed by atoms with E-state index in [1.807, 2.05) is 59.1 Å². The Labute approximate surface area is 115 Å². The number of rotatable bonds is 3. The van der Waals surface area contributed by atoms with E-state index in [1.165, 1.54) is 6.08 Å². The molecule has 0 fully saturated rings. The van der Waals surface area contributed by atoms with Crippen LogP contribution in [0, 0.1) is 10.1 Å². The largest absolute Gasteiger partial charge is 0.299 e. The molecule has 0 bridgehead atoms. The van der Waals surface area contributed by atoms with Gasteiger partial charge in [-0.1, -0.05) is 36.4 Å². The zero-order valence-corrected chi connectivity index (χ0v) is 10.5. The molecule has 5 nitrogen and oxygen atoms in total. The number of benzene rings is 1. The van der Waals surface area contributed by atoms with Gasteiger partial charge in [-0.3, -0.25) is 14.5 Å². The summed E-state index contributed by atoms with van der Waals surface area (Å²) in [6.45, 7) is 0. The maximum absolute atomic E-state index is 10.5. The second-order valence-electron chi connectivity index (χ2n) is 4.24. The SMILES string of the molecule is O=[N+]([O-])/C=C/c1nc(-c2ccccc2)n2ccccc12. The monoisotopic (exact) mass is 265 g/mol. The van der Waals surface area contributed by atoms with Crippen LogP contribution in [0.3, 0.4) is 0 Å². The van der Waals surface area contributed by atoms with Crippen LogP contribution in [-0.2, 0) is 0 Å². The summed E-state index contributed by atoms with van der Waals surface area (Å²) < 4.78 is 1.93. The van der Waals surface area contributed by atoms with E-state index < -0.39 is 4.92 Å². The fourth-order valence-electron chi connectivity index (χ4n) is 2.11. The van der Waals surface area contributed by atoms with Gasteiger partial charge in [-0.2, -0.15) is 0 Å². The first kappa shape index (κ1) is 12.1. The van der Waals surface area contributed by atoms with Crippen molar-refractivity contribution in [3.8, 4) is 11.4 Å². The highest BCUT2D eigenvalue weighted by molar-refractivity contribution is 5.72. The van der Waals surface area contributed by atoms with E-state index in [0.717, 1.165) is 23.1 Å². The van der Waals surface area contributed by atoms with Crippen molar-refractivity contribution in [2.24, 2.45) is 0 Å². The van der Waals surface area contributed by atoms with Crippen molar-refractivity contribution in [2.45, 2.75) is 0 Å². The summed E-state index contributed by atoms with van der Waals surface area (Å²) in [5, 5.41) is 10.5. The van der Waals surface area contributed by atoms with Crippen LogP contribution in [0.15, 0.2) is 60.9 Å². The number of hydrogen-bond acceptors (Lipinski definition) is 3. The Morgan fingerprint density at radius 3 is 2.60 bits per heavy atom. The Morgan fingerprint density at radius 1 is 1.10 bits per heavy atom. The molecular weight excluding hydrogens is 254 g/mol. The lowest BCUT2D eigenvalue weighted by atomic mass is 10.2. The van der Waals surface area contributed by atoms with E-state index >= 15 is 0 Å². The van der Waals surface area contributed by atoms with Crippen molar-refractivity contribution in [2.75, 3.05) is 0 Å². The van der Waals surface area contributed by atoms with Crippen molar-refractivity contribution in [3.63, 3.8) is 0 Å². The standard InChI is InChI=1S/C15H11N3O2/c19-18(20)11-9-13-14-8-4-5-10-17(14)15(16-13)12-6-2-1-3-7-12/h1-11H/b11-9+. The summed E-state index contributed by atoms with van der Waals surface area (Å²) >= 11 is 0. The van der Waals surface area contributed by atoms with Gasteiger partial charge in [0.05, 0.1) is 16.1 Å². The highest BCUT2D eigenvalue weighted by atomic mass is 16.6. The van der Waals surface area contributed by atoms with Crippen molar-refractivity contribution < 1.29 is 4.92 Å². The molecule has 0 aliphatic heterocycles. The molecule has 0 amide bonds. The van der Waals surface area contributed by atoms with Crippen LogP contribution in [-0.4, -0.2) is 14.3 Å². The van der Waals surface area contributed by atoms with E-state index in [4.69, 9.17) is 0 Å². The Bertz CT molecular complexity index is 791. The molecule has 20 heavy (non-hydrogen) atoms. The maximum atomic E-state index is 10.5. The summed E-state index contributed by atoms with van der Waals surface area (Å²) in [5.41, 5.74) is 2.39. The van der Waals surface area contributed by atoms with Gasteiger partial charge >= 0.3 is 0 Å². The molecule has 0 unspecified atom stereocenters. The van der Waals surface area contributed by atoms with Crippen LogP contribution in [0.1, 0.15) is 5.69 Å². The summed E-state index contributed by atoms with van der Waals surface area (Å²) in [5.74, 6) is 0.768. The van der Waals surface area contributed by atoms with Gasteiger partial charge in [-0.15, -0.1) is 0 Å².